The van der Waals surface area contributed by atoms with Crippen molar-refractivity contribution in [3.63, 3.8) is 0 Å². The van der Waals surface area contributed by atoms with Crippen LogP contribution in [0.15, 0.2) is 0 Å². The number of rotatable bonds is 8. The molecule has 2 amide bonds. The van der Waals surface area contributed by atoms with Gasteiger partial charge in [0.1, 0.15) is 0 Å². The maximum atomic E-state index is 12.0. The van der Waals surface area contributed by atoms with Crippen molar-refractivity contribution in [2.45, 2.75) is 51.0 Å². The van der Waals surface area contributed by atoms with Gasteiger partial charge in [0.15, 0.2) is 0 Å². The second-order valence-electron chi connectivity index (χ2n) is 5.86. The van der Waals surface area contributed by atoms with E-state index in [0.29, 0.717) is 32.0 Å². The van der Waals surface area contributed by atoms with Gasteiger partial charge < -0.3 is 15.0 Å². The largest absolute Gasteiger partial charge is 0.469 e. The quantitative estimate of drug-likeness (QED) is 0.532. The van der Waals surface area contributed by atoms with Gasteiger partial charge in [0, 0.05) is 32.0 Å². The molecule has 118 valence electrons. The highest BCUT2D eigenvalue weighted by Crippen LogP contribution is 2.32. The molecule has 1 aliphatic heterocycles. The number of hydrogen-bond acceptors (Lipinski definition) is 4. The molecule has 6 heteroatoms. The molecule has 2 aliphatic rings. The molecule has 2 fully saturated rings. The summed E-state index contributed by atoms with van der Waals surface area (Å²) in [4.78, 5) is 36.6. The fraction of sp³-hybridized carbons (Fsp3) is 0.800. The Morgan fingerprint density at radius 3 is 2.71 bits per heavy atom. The van der Waals surface area contributed by atoms with Crippen LogP contribution >= 0.6 is 0 Å². The molecule has 6 nitrogen and oxygen atoms in total. The fourth-order valence-corrected chi connectivity index (χ4v) is 2.68. The van der Waals surface area contributed by atoms with Crippen LogP contribution in [0, 0.1) is 5.92 Å². The number of likely N-dealkylation sites (tertiary alicyclic amines) is 1. The van der Waals surface area contributed by atoms with Crippen LogP contribution in [0.4, 0.5) is 0 Å². The smallest absolute Gasteiger partial charge is 0.305 e. The van der Waals surface area contributed by atoms with Crippen LogP contribution in [0.5, 0.6) is 0 Å². The van der Waals surface area contributed by atoms with Crippen molar-refractivity contribution in [1.82, 2.24) is 10.2 Å². The van der Waals surface area contributed by atoms with Crippen LogP contribution in [0.25, 0.3) is 0 Å². The average Bonchev–Trinajstić information content (AvgIpc) is 3.24. The molecule has 0 aromatic rings. The molecule has 0 spiro atoms. The van der Waals surface area contributed by atoms with Crippen molar-refractivity contribution in [1.29, 1.82) is 0 Å². The van der Waals surface area contributed by atoms with Crippen molar-refractivity contribution < 1.29 is 19.1 Å². The molecule has 1 atom stereocenters. The van der Waals surface area contributed by atoms with Gasteiger partial charge in [0.05, 0.1) is 13.0 Å². The van der Waals surface area contributed by atoms with E-state index in [1.54, 1.807) is 0 Å². The van der Waals surface area contributed by atoms with Crippen molar-refractivity contribution in [3.8, 4) is 0 Å². The molecule has 2 rings (SSSR count). The summed E-state index contributed by atoms with van der Waals surface area (Å²) in [6.45, 7) is 1.19. The predicted molar refractivity (Wildman–Crippen MR) is 76.3 cm³/mol. The SMILES string of the molecule is COC(=O)CCCCCNC(=O)C1CC(=O)N(C2CC2)C1. The van der Waals surface area contributed by atoms with Gasteiger partial charge in [-0.05, 0) is 25.7 Å². The van der Waals surface area contributed by atoms with Crippen LogP contribution < -0.4 is 5.32 Å². The molecule has 0 radical (unpaired) electrons. The zero-order chi connectivity index (χ0) is 15.2. The monoisotopic (exact) mass is 296 g/mol. The summed E-state index contributed by atoms with van der Waals surface area (Å²) >= 11 is 0. The predicted octanol–water partition coefficient (Wildman–Crippen LogP) is 0.847. The molecule has 1 aliphatic carbocycles. The molecule has 1 heterocycles. The summed E-state index contributed by atoms with van der Waals surface area (Å²) in [6.07, 6.45) is 5.45. The number of amides is 2. The van der Waals surface area contributed by atoms with Gasteiger partial charge >= 0.3 is 5.97 Å². The third-order valence-corrected chi connectivity index (χ3v) is 4.10. The zero-order valence-corrected chi connectivity index (χ0v) is 12.6. The van der Waals surface area contributed by atoms with Crippen LogP contribution in [-0.2, 0) is 19.1 Å². The van der Waals surface area contributed by atoms with Crippen LogP contribution in [0.1, 0.15) is 44.9 Å². The lowest BCUT2D eigenvalue weighted by Crippen LogP contribution is -2.34. The Labute approximate surface area is 125 Å². The van der Waals surface area contributed by atoms with E-state index in [1.165, 1.54) is 7.11 Å². The number of carbonyl (C=O) groups is 3. The first-order valence-electron chi connectivity index (χ1n) is 7.76. The highest BCUT2D eigenvalue weighted by Gasteiger charge is 2.41. The van der Waals surface area contributed by atoms with E-state index in [-0.39, 0.29) is 23.7 Å². The molecule has 0 aromatic heterocycles. The number of ether oxygens (including phenoxy) is 1. The van der Waals surface area contributed by atoms with Gasteiger partial charge in [0.2, 0.25) is 11.8 Å². The van der Waals surface area contributed by atoms with Gasteiger partial charge in [0.25, 0.3) is 0 Å². The van der Waals surface area contributed by atoms with Gasteiger partial charge in [-0.15, -0.1) is 0 Å². The summed E-state index contributed by atoms with van der Waals surface area (Å²) in [6, 6.07) is 0.397. The first kappa shape index (κ1) is 15.8. The summed E-state index contributed by atoms with van der Waals surface area (Å²) in [5.74, 6) is -0.271. The van der Waals surface area contributed by atoms with Gasteiger partial charge in [-0.1, -0.05) is 6.42 Å². The zero-order valence-electron chi connectivity index (χ0n) is 12.6. The number of hydrogen-bond donors (Lipinski definition) is 1. The number of nitrogens with zero attached hydrogens (tertiary/aromatic N) is 1. The van der Waals surface area contributed by atoms with E-state index in [9.17, 15) is 14.4 Å². The number of esters is 1. The van der Waals surface area contributed by atoms with Crippen LogP contribution in [0.3, 0.4) is 0 Å². The molecule has 1 unspecified atom stereocenters. The van der Waals surface area contributed by atoms with Crippen molar-refractivity contribution in [2.24, 2.45) is 5.92 Å². The molecular weight excluding hydrogens is 272 g/mol. The topological polar surface area (TPSA) is 75.7 Å². The molecular formula is C15H24N2O4. The summed E-state index contributed by atoms with van der Waals surface area (Å²) in [5, 5.41) is 2.89. The third kappa shape index (κ3) is 4.72. The van der Waals surface area contributed by atoms with E-state index in [0.717, 1.165) is 32.1 Å². The average molecular weight is 296 g/mol. The molecule has 0 aromatic carbocycles. The van der Waals surface area contributed by atoms with E-state index in [1.807, 2.05) is 4.90 Å². The van der Waals surface area contributed by atoms with E-state index in [2.05, 4.69) is 10.1 Å². The van der Waals surface area contributed by atoms with Gasteiger partial charge in [-0.2, -0.15) is 0 Å². The Balaban J connectivity index is 1.55. The summed E-state index contributed by atoms with van der Waals surface area (Å²) in [5.41, 5.74) is 0. The minimum Gasteiger partial charge on any atom is -0.469 e. The first-order chi connectivity index (χ1) is 10.1. The molecule has 1 N–H and O–H groups in total. The van der Waals surface area contributed by atoms with Crippen molar-refractivity contribution in [3.05, 3.63) is 0 Å². The maximum absolute atomic E-state index is 12.0. The Morgan fingerprint density at radius 2 is 2.05 bits per heavy atom. The minimum absolute atomic E-state index is 0.0144. The van der Waals surface area contributed by atoms with Crippen LogP contribution in [0.2, 0.25) is 0 Å². The molecule has 21 heavy (non-hydrogen) atoms. The standard InChI is InChI=1S/C15H24N2O4/c1-21-14(19)5-3-2-4-8-16-15(20)11-9-13(18)17(10-11)12-6-7-12/h11-12H,2-10H2,1H3,(H,16,20). The lowest BCUT2D eigenvalue weighted by atomic mass is 10.1. The van der Waals surface area contributed by atoms with Gasteiger partial charge in [-0.3, -0.25) is 14.4 Å². The van der Waals surface area contributed by atoms with Crippen LogP contribution in [-0.4, -0.2) is 48.9 Å². The molecule has 1 saturated carbocycles. The maximum Gasteiger partial charge on any atom is 0.305 e. The summed E-state index contributed by atoms with van der Waals surface area (Å²) in [7, 11) is 1.39. The number of methoxy groups -OCH3 is 1. The highest BCUT2D eigenvalue weighted by atomic mass is 16.5. The normalized spacial score (nSPS) is 21.5. The number of carbonyl (C=O) groups excluding carboxylic acids is 3. The van der Waals surface area contributed by atoms with E-state index < -0.39 is 0 Å². The van der Waals surface area contributed by atoms with E-state index in [4.69, 9.17) is 0 Å². The number of nitrogens with one attached hydrogen (secondary N) is 1. The highest BCUT2D eigenvalue weighted by molar-refractivity contribution is 5.89. The first-order valence-corrected chi connectivity index (χ1v) is 7.76. The number of unbranched alkanes of at least 4 members (excludes halogenated alkanes) is 2. The lowest BCUT2D eigenvalue weighted by Gasteiger charge is -2.15. The molecule has 1 saturated heterocycles. The van der Waals surface area contributed by atoms with Crippen molar-refractivity contribution in [2.75, 3.05) is 20.2 Å². The minimum atomic E-state index is -0.191. The van der Waals surface area contributed by atoms with Crippen molar-refractivity contribution >= 4 is 17.8 Å². The Hall–Kier alpha value is -1.59. The Bertz CT molecular complexity index is 406. The Kier molecular flexibility index (Phi) is 5.59. The third-order valence-electron chi connectivity index (χ3n) is 4.10. The second-order valence-corrected chi connectivity index (χ2v) is 5.86. The Morgan fingerprint density at radius 1 is 1.29 bits per heavy atom. The van der Waals surface area contributed by atoms with E-state index >= 15 is 0 Å². The second kappa shape index (κ2) is 7.43. The lowest BCUT2D eigenvalue weighted by molar-refractivity contribution is -0.140. The summed E-state index contributed by atoms with van der Waals surface area (Å²) < 4.78 is 4.56. The molecule has 0 bridgehead atoms. The van der Waals surface area contributed by atoms with Gasteiger partial charge in [-0.25, -0.2) is 0 Å². The fourth-order valence-electron chi connectivity index (χ4n) is 2.68.